The van der Waals surface area contributed by atoms with E-state index in [4.69, 9.17) is 9.84 Å². The van der Waals surface area contributed by atoms with Gasteiger partial charge < -0.3 is 14.6 Å². The van der Waals surface area contributed by atoms with Crippen molar-refractivity contribution in [1.29, 1.82) is 0 Å². The van der Waals surface area contributed by atoms with Crippen LogP contribution in [0.2, 0.25) is 0 Å². The van der Waals surface area contributed by atoms with Gasteiger partial charge in [-0.2, -0.15) is 0 Å². The molecule has 1 aromatic rings. The standard InChI is InChI=1S/C10H9F4NO4/c1-18-8-5(2-7(16)17)4-15-9(6(8)3-11)19-10(12,13)14/h4H,2-3H2,1H3,(H,16,17). The molecule has 0 aliphatic heterocycles. The molecule has 0 saturated carbocycles. The maximum Gasteiger partial charge on any atom is 0.574 e. The van der Waals surface area contributed by atoms with Crippen LogP contribution in [0.4, 0.5) is 17.6 Å². The zero-order chi connectivity index (χ0) is 14.6. The van der Waals surface area contributed by atoms with Crippen molar-refractivity contribution in [1.82, 2.24) is 4.98 Å². The van der Waals surface area contributed by atoms with Gasteiger partial charge in [-0.1, -0.05) is 0 Å². The first kappa shape index (κ1) is 15.0. The number of aliphatic carboxylic acids is 1. The number of rotatable bonds is 5. The average Bonchev–Trinajstić information content (AvgIpc) is 2.27. The second-order valence-corrected chi connectivity index (χ2v) is 3.35. The predicted octanol–water partition coefficient (Wildman–Crippen LogP) is 2.09. The first-order valence-corrected chi connectivity index (χ1v) is 4.86. The number of halogens is 4. The van der Waals surface area contributed by atoms with Gasteiger partial charge in [-0.15, -0.1) is 13.2 Å². The van der Waals surface area contributed by atoms with Gasteiger partial charge in [0.05, 0.1) is 19.1 Å². The van der Waals surface area contributed by atoms with E-state index in [0.717, 1.165) is 13.3 Å². The highest BCUT2D eigenvalue weighted by atomic mass is 19.4. The molecule has 0 atom stereocenters. The fraction of sp³-hybridized carbons (Fsp3) is 0.400. The Bertz CT molecular complexity index is 475. The predicted molar refractivity (Wildman–Crippen MR) is 53.6 cm³/mol. The summed E-state index contributed by atoms with van der Waals surface area (Å²) in [6.07, 6.45) is -4.75. The molecule has 1 heterocycles. The third kappa shape index (κ3) is 3.97. The zero-order valence-corrected chi connectivity index (χ0v) is 9.62. The quantitative estimate of drug-likeness (QED) is 0.838. The Kier molecular flexibility index (Phi) is 4.52. The van der Waals surface area contributed by atoms with Gasteiger partial charge in [0.15, 0.2) is 0 Å². The van der Waals surface area contributed by atoms with E-state index in [1.807, 2.05) is 0 Å². The number of methoxy groups -OCH3 is 1. The van der Waals surface area contributed by atoms with Crippen molar-refractivity contribution < 1.29 is 36.9 Å². The third-order valence-corrected chi connectivity index (χ3v) is 2.05. The minimum atomic E-state index is -5.03. The van der Waals surface area contributed by atoms with E-state index in [-0.39, 0.29) is 11.3 Å². The molecule has 0 aromatic carbocycles. The van der Waals surface area contributed by atoms with E-state index in [0.29, 0.717) is 0 Å². The lowest BCUT2D eigenvalue weighted by Crippen LogP contribution is -2.19. The Morgan fingerprint density at radius 1 is 1.47 bits per heavy atom. The third-order valence-electron chi connectivity index (χ3n) is 2.05. The first-order valence-electron chi connectivity index (χ1n) is 4.86. The SMILES string of the molecule is COc1c(CC(=O)O)cnc(OC(F)(F)F)c1CF. The number of nitrogens with zero attached hydrogens (tertiary/aromatic N) is 1. The van der Waals surface area contributed by atoms with Crippen LogP contribution < -0.4 is 9.47 Å². The molecule has 19 heavy (non-hydrogen) atoms. The Morgan fingerprint density at radius 2 is 2.11 bits per heavy atom. The van der Waals surface area contributed by atoms with Crippen molar-refractivity contribution >= 4 is 5.97 Å². The normalized spacial score (nSPS) is 11.2. The van der Waals surface area contributed by atoms with Crippen LogP contribution in [0, 0.1) is 0 Å². The molecule has 0 radical (unpaired) electrons. The summed E-state index contributed by atoms with van der Waals surface area (Å²) >= 11 is 0. The van der Waals surface area contributed by atoms with Gasteiger partial charge in [0.2, 0.25) is 5.88 Å². The summed E-state index contributed by atoms with van der Waals surface area (Å²) in [5.41, 5.74) is -0.629. The maximum atomic E-state index is 12.8. The smallest absolute Gasteiger partial charge is 0.496 e. The molecule has 0 aliphatic carbocycles. The lowest BCUT2D eigenvalue weighted by Gasteiger charge is -2.15. The number of pyridine rings is 1. The van der Waals surface area contributed by atoms with Crippen LogP contribution in [0.25, 0.3) is 0 Å². The largest absolute Gasteiger partial charge is 0.574 e. The highest BCUT2D eigenvalue weighted by Crippen LogP contribution is 2.34. The molecule has 1 N–H and O–H groups in total. The summed E-state index contributed by atoms with van der Waals surface area (Å²) < 4.78 is 57.3. The van der Waals surface area contributed by atoms with Gasteiger partial charge in [0.25, 0.3) is 0 Å². The summed E-state index contributed by atoms with van der Waals surface area (Å²) in [6, 6.07) is 0. The summed E-state index contributed by atoms with van der Waals surface area (Å²) in [5, 5.41) is 8.62. The van der Waals surface area contributed by atoms with Crippen LogP contribution in [0.1, 0.15) is 11.1 Å². The maximum absolute atomic E-state index is 12.8. The van der Waals surface area contributed by atoms with Crippen molar-refractivity contribution in [2.24, 2.45) is 0 Å². The highest BCUT2D eigenvalue weighted by Gasteiger charge is 2.34. The van der Waals surface area contributed by atoms with E-state index in [1.165, 1.54) is 0 Å². The lowest BCUT2D eigenvalue weighted by molar-refractivity contribution is -0.276. The van der Waals surface area contributed by atoms with Gasteiger partial charge >= 0.3 is 12.3 Å². The molecule has 5 nitrogen and oxygen atoms in total. The van der Waals surface area contributed by atoms with Gasteiger partial charge in [-0.05, 0) is 0 Å². The summed E-state index contributed by atoms with van der Waals surface area (Å²) in [4.78, 5) is 13.8. The van der Waals surface area contributed by atoms with Crippen LogP contribution in [0.5, 0.6) is 11.6 Å². The van der Waals surface area contributed by atoms with E-state index < -0.39 is 36.9 Å². The molecule has 0 fully saturated rings. The number of carboxylic acid groups (broad SMARTS) is 1. The summed E-state index contributed by atoms with van der Waals surface area (Å²) in [5.74, 6) is -2.57. The number of alkyl halides is 4. The van der Waals surface area contributed by atoms with Crippen LogP contribution in [-0.4, -0.2) is 29.5 Å². The number of hydrogen-bond donors (Lipinski definition) is 1. The van der Waals surface area contributed by atoms with E-state index in [2.05, 4.69) is 9.72 Å². The van der Waals surface area contributed by atoms with E-state index in [9.17, 15) is 22.4 Å². The second-order valence-electron chi connectivity index (χ2n) is 3.35. The monoisotopic (exact) mass is 283 g/mol. The van der Waals surface area contributed by atoms with Gasteiger partial charge in [-0.25, -0.2) is 9.37 Å². The van der Waals surface area contributed by atoms with Gasteiger partial charge in [-0.3, -0.25) is 4.79 Å². The van der Waals surface area contributed by atoms with Crippen molar-refractivity contribution in [3.05, 3.63) is 17.3 Å². The summed E-state index contributed by atoms with van der Waals surface area (Å²) in [7, 11) is 1.08. The Morgan fingerprint density at radius 3 is 2.53 bits per heavy atom. The molecule has 0 bridgehead atoms. The fourth-order valence-corrected chi connectivity index (χ4v) is 1.42. The molecule has 0 unspecified atom stereocenters. The van der Waals surface area contributed by atoms with E-state index in [1.54, 1.807) is 0 Å². The number of hydrogen-bond acceptors (Lipinski definition) is 4. The second kappa shape index (κ2) is 5.72. The molecular weight excluding hydrogens is 274 g/mol. The van der Waals surface area contributed by atoms with Crippen LogP contribution in [0.15, 0.2) is 6.20 Å². The van der Waals surface area contributed by atoms with Crippen molar-refractivity contribution in [3.63, 3.8) is 0 Å². The number of carboxylic acids is 1. The van der Waals surface area contributed by atoms with Crippen molar-refractivity contribution in [3.8, 4) is 11.6 Å². The minimum absolute atomic E-state index is 0.0443. The first-order chi connectivity index (χ1) is 8.78. The molecule has 106 valence electrons. The minimum Gasteiger partial charge on any atom is -0.496 e. The molecule has 1 aromatic heterocycles. The lowest BCUT2D eigenvalue weighted by atomic mass is 10.1. The average molecular weight is 283 g/mol. The molecule has 0 aliphatic rings. The highest BCUT2D eigenvalue weighted by molar-refractivity contribution is 5.71. The van der Waals surface area contributed by atoms with Gasteiger partial charge in [0.1, 0.15) is 12.4 Å². The molecular formula is C10H9F4NO4. The Hall–Kier alpha value is -2.06. The zero-order valence-electron chi connectivity index (χ0n) is 9.62. The molecule has 0 saturated heterocycles. The van der Waals surface area contributed by atoms with Crippen LogP contribution >= 0.6 is 0 Å². The Labute approximate surface area is 104 Å². The van der Waals surface area contributed by atoms with Crippen molar-refractivity contribution in [2.75, 3.05) is 7.11 Å². The fourth-order valence-electron chi connectivity index (χ4n) is 1.42. The molecule has 0 amide bonds. The number of carbonyl (C=O) groups is 1. The Balaban J connectivity index is 3.26. The van der Waals surface area contributed by atoms with E-state index >= 15 is 0 Å². The number of aromatic nitrogens is 1. The van der Waals surface area contributed by atoms with Crippen LogP contribution in [-0.2, 0) is 17.9 Å². The topological polar surface area (TPSA) is 68.7 Å². The van der Waals surface area contributed by atoms with Gasteiger partial charge in [0, 0.05) is 11.8 Å². The molecule has 0 spiro atoms. The molecule has 9 heteroatoms. The molecule has 1 rings (SSSR count). The van der Waals surface area contributed by atoms with Crippen molar-refractivity contribution in [2.45, 2.75) is 19.5 Å². The van der Waals surface area contributed by atoms with Crippen LogP contribution in [0.3, 0.4) is 0 Å². The number of ether oxygens (including phenoxy) is 2. The summed E-state index contributed by atoms with van der Waals surface area (Å²) in [6.45, 7) is -1.34.